The normalized spacial score (nSPS) is 14.8. The summed E-state index contributed by atoms with van der Waals surface area (Å²) in [4.78, 5) is 38.6. The van der Waals surface area contributed by atoms with E-state index in [9.17, 15) is 14.4 Å². The smallest absolute Gasteiger partial charge is 0.338 e. The van der Waals surface area contributed by atoms with Gasteiger partial charge < -0.3 is 9.15 Å². The highest BCUT2D eigenvalue weighted by molar-refractivity contribution is 8.19. The molecule has 1 aliphatic rings. The van der Waals surface area contributed by atoms with Gasteiger partial charge in [-0.15, -0.1) is 0 Å². The largest absolute Gasteiger partial charge is 0.462 e. The highest BCUT2D eigenvalue weighted by Crippen LogP contribution is 2.36. The number of imide groups is 1. The first-order chi connectivity index (χ1) is 16.0. The molecule has 3 aromatic rings. The second-order valence-corrected chi connectivity index (χ2v) is 8.69. The predicted molar refractivity (Wildman–Crippen MR) is 129 cm³/mol. The first-order valence-electron chi connectivity index (χ1n) is 10.4. The van der Waals surface area contributed by atoms with Crippen LogP contribution >= 0.6 is 23.4 Å². The molecule has 0 N–H and O–H groups in total. The molecule has 1 fully saturated rings. The minimum Gasteiger partial charge on any atom is -0.462 e. The van der Waals surface area contributed by atoms with Crippen LogP contribution in [0.2, 0.25) is 5.02 Å². The summed E-state index contributed by atoms with van der Waals surface area (Å²) in [5.41, 5.74) is 1.70. The van der Waals surface area contributed by atoms with Crippen LogP contribution in [0, 0.1) is 0 Å². The Kier molecular flexibility index (Phi) is 7.01. The molecule has 0 radical (unpaired) electrons. The van der Waals surface area contributed by atoms with Crippen LogP contribution in [0.15, 0.2) is 70.0 Å². The number of hydrogen-bond donors (Lipinski definition) is 0. The first kappa shape index (κ1) is 22.9. The monoisotopic (exact) mass is 481 g/mol. The number of anilines is 1. The van der Waals surface area contributed by atoms with Crippen molar-refractivity contribution in [1.29, 1.82) is 0 Å². The van der Waals surface area contributed by atoms with Gasteiger partial charge >= 0.3 is 5.97 Å². The average Bonchev–Trinajstić information content (AvgIpc) is 3.39. The predicted octanol–water partition coefficient (Wildman–Crippen LogP) is 6.80. The van der Waals surface area contributed by atoms with Crippen molar-refractivity contribution in [2.24, 2.45) is 0 Å². The van der Waals surface area contributed by atoms with Gasteiger partial charge in [-0.2, -0.15) is 0 Å². The van der Waals surface area contributed by atoms with Gasteiger partial charge in [0, 0.05) is 16.7 Å². The lowest BCUT2D eigenvalue weighted by molar-refractivity contribution is -0.113. The van der Waals surface area contributed by atoms with Crippen molar-refractivity contribution in [2.45, 2.75) is 19.8 Å². The van der Waals surface area contributed by atoms with Crippen molar-refractivity contribution in [1.82, 2.24) is 0 Å². The maximum atomic E-state index is 12.8. The Hall–Kier alpha value is -3.29. The third-order valence-corrected chi connectivity index (χ3v) is 6.04. The number of rotatable bonds is 7. The number of amides is 2. The van der Waals surface area contributed by atoms with Gasteiger partial charge in [0.05, 0.1) is 22.8 Å². The lowest BCUT2D eigenvalue weighted by Crippen LogP contribution is -2.27. The molecular formula is C25H20ClNO5S. The van der Waals surface area contributed by atoms with Crippen molar-refractivity contribution in [3.8, 4) is 11.3 Å². The Morgan fingerprint density at radius 2 is 1.79 bits per heavy atom. The first-order valence-corrected chi connectivity index (χ1v) is 11.6. The molecule has 0 bridgehead atoms. The summed E-state index contributed by atoms with van der Waals surface area (Å²) in [7, 11) is 0. The molecule has 2 amide bonds. The molecular weight excluding hydrogens is 462 g/mol. The van der Waals surface area contributed by atoms with Gasteiger partial charge in [0.25, 0.3) is 11.1 Å². The zero-order valence-corrected chi connectivity index (χ0v) is 19.3. The fourth-order valence-corrected chi connectivity index (χ4v) is 4.11. The lowest BCUT2D eigenvalue weighted by atomic mass is 10.1. The fourth-order valence-electron chi connectivity index (χ4n) is 3.16. The molecule has 168 valence electrons. The maximum Gasteiger partial charge on any atom is 0.338 e. The quantitative estimate of drug-likeness (QED) is 0.210. The van der Waals surface area contributed by atoms with E-state index in [1.807, 2.05) is 6.92 Å². The van der Waals surface area contributed by atoms with Crippen LogP contribution in [0.25, 0.3) is 17.4 Å². The lowest BCUT2D eigenvalue weighted by Gasteiger charge is -2.11. The highest BCUT2D eigenvalue weighted by atomic mass is 35.5. The number of carbonyl (C=O) groups excluding carboxylic acids is 3. The Morgan fingerprint density at radius 1 is 1.06 bits per heavy atom. The van der Waals surface area contributed by atoms with E-state index in [0.717, 1.165) is 35.1 Å². The molecule has 2 heterocycles. The topological polar surface area (TPSA) is 76.8 Å². The van der Waals surface area contributed by atoms with E-state index >= 15 is 0 Å². The van der Waals surface area contributed by atoms with Crippen molar-refractivity contribution in [3.63, 3.8) is 0 Å². The Balaban J connectivity index is 1.47. The molecule has 2 aromatic carbocycles. The van der Waals surface area contributed by atoms with Gasteiger partial charge in [0.15, 0.2) is 0 Å². The number of ether oxygens (including phenoxy) is 1. The van der Waals surface area contributed by atoms with Gasteiger partial charge in [-0.3, -0.25) is 9.59 Å². The number of esters is 1. The van der Waals surface area contributed by atoms with Crippen LogP contribution in [-0.4, -0.2) is 23.7 Å². The average molecular weight is 482 g/mol. The number of hydrogen-bond acceptors (Lipinski definition) is 6. The zero-order valence-electron chi connectivity index (χ0n) is 17.7. The van der Waals surface area contributed by atoms with Crippen molar-refractivity contribution >= 4 is 52.2 Å². The number of benzene rings is 2. The van der Waals surface area contributed by atoms with Crippen molar-refractivity contribution < 1.29 is 23.5 Å². The minimum atomic E-state index is -0.420. The number of halogens is 1. The van der Waals surface area contributed by atoms with Crippen LogP contribution in [-0.2, 0) is 9.53 Å². The van der Waals surface area contributed by atoms with E-state index in [1.54, 1.807) is 66.7 Å². The van der Waals surface area contributed by atoms with Gasteiger partial charge in [-0.1, -0.05) is 37.1 Å². The second-order valence-electron chi connectivity index (χ2n) is 7.26. The molecule has 0 aliphatic carbocycles. The van der Waals surface area contributed by atoms with E-state index in [2.05, 4.69) is 0 Å². The summed E-state index contributed by atoms with van der Waals surface area (Å²) in [5.74, 6) is 0.237. The van der Waals surface area contributed by atoms with Crippen LogP contribution in [0.4, 0.5) is 10.5 Å². The third-order valence-electron chi connectivity index (χ3n) is 4.91. The maximum absolute atomic E-state index is 12.8. The van der Waals surface area contributed by atoms with Crippen molar-refractivity contribution in [3.05, 3.63) is 81.9 Å². The van der Waals surface area contributed by atoms with E-state index < -0.39 is 5.91 Å². The summed E-state index contributed by atoms with van der Waals surface area (Å²) in [6.07, 6.45) is 3.34. The number of thioether (sulfide) groups is 1. The van der Waals surface area contributed by atoms with Crippen LogP contribution < -0.4 is 4.90 Å². The SMILES string of the molecule is CCCCOC(=O)c1ccc(-c2ccc(/C=C3\SC(=O)N(c4ccc(Cl)cc4)C3=O)o2)cc1. The van der Waals surface area contributed by atoms with Gasteiger partial charge in [-0.25, -0.2) is 9.69 Å². The Bertz CT molecular complexity index is 1210. The molecule has 1 saturated heterocycles. The molecule has 0 saturated carbocycles. The van der Waals surface area contributed by atoms with Crippen LogP contribution in [0.1, 0.15) is 35.9 Å². The molecule has 33 heavy (non-hydrogen) atoms. The number of furan rings is 1. The molecule has 4 rings (SSSR count). The molecule has 0 spiro atoms. The van der Waals surface area contributed by atoms with Gasteiger partial charge in [-0.05, 0) is 66.7 Å². The molecule has 0 atom stereocenters. The van der Waals surface area contributed by atoms with Gasteiger partial charge in [0.2, 0.25) is 0 Å². The molecule has 0 unspecified atom stereocenters. The number of carbonyl (C=O) groups is 3. The Morgan fingerprint density at radius 3 is 2.48 bits per heavy atom. The molecule has 8 heteroatoms. The van der Waals surface area contributed by atoms with Crippen LogP contribution in [0.5, 0.6) is 0 Å². The van der Waals surface area contributed by atoms with E-state index in [0.29, 0.717) is 34.4 Å². The summed E-state index contributed by atoms with van der Waals surface area (Å²) >= 11 is 6.74. The summed E-state index contributed by atoms with van der Waals surface area (Å²) in [6.45, 7) is 2.44. The molecule has 1 aromatic heterocycles. The highest BCUT2D eigenvalue weighted by Gasteiger charge is 2.36. The van der Waals surface area contributed by atoms with E-state index in [4.69, 9.17) is 20.8 Å². The summed E-state index contributed by atoms with van der Waals surface area (Å²) < 4.78 is 11.1. The number of nitrogens with zero attached hydrogens (tertiary/aromatic N) is 1. The molecule has 1 aliphatic heterocycles. The van der Waals surface area contributed by atoms with E-state index in [1.165, 1.54) is 0 Å². The molecule has 6 nitrogen and oxygen atoms in total. The second kappa shape index (κ2) is 10.1. The van der Waals surface area contributed by atoms with Crippen molar-refractivity contribution in [2.75, 3.05) is 11.5 Å². The van der Waals surface area contributed by atoms with E-state index in [-0.39, 0.29) is 16.1 Å². The minimum absolute atomic E-state index is 0.265. The van der Waals surface area contributed by atoms with Crippen LogP contribution in [0.3, 0.4) is 0 Å². The standard InChI is InChI=1S/C25H20ClNO5S/c1-2-3-14-31-24(29)17-6-4-16(5-7-17)21-13-12-20(32-21)15-22-23(28)27(25(30)33-22)19-10-8-18(26)9-11-19/h4-13,15H,2-3,14H2,1H3/b22-15-. The fraction of sp³-hybridized carbons (Fsp3) is 0.160. The third kappa shape index (κ3) is 5.21. The summed E-state index contributed by atoms with van der Waals surface area (Å²) in [6, 6.07) is 16.9. The zero-order chi connectivity index (χ0) is 23.4. The Labute approximate surface area is 200 Å². The number of unbranched alkanes of at least 4 members (excludes halogenated alkanes) is 1. The summed E-state index contributed by atoms with van der Waals surface area (Å²) in [5, 5.41) is 0.132. The van der Waals surface area contributed by atoms with Gasteiger partial charge in [0.1, 0.15) is 11.5 Å².